The molecular weight excluding hydrogens is 180 g/mol. The minimum absolute atomic E-state index is 0.459. The molecule has 0 aliphatic heterocycles. The first-order valence-corrected chi connectivity index (χ1v) is 4.12. The second kappa shape index (κ2) is 3.37. The Balaban J connectivity index is 2.55. The highest BCUT2D eigenvalue weighted by atomic mass is 16.5. The van der Waals surface area contributed by atoms with Gasteiger partial charge in [-0.15, -0.1) is 5.10 Å². The molecule has 5 heteroatoms. The summed E-state index contributed by atoms with van der Waals surface area (Å²) in [5.41, 5.74) is 7.16. The average molecular weight is 190 g/mol. The fourth-order valence-corrected chi connectivity index (χ4v) is 1.24. The number of nitrogens with zero attached hydrogens (tertiary/aromatic N) is 2. The Morgan fingerprint density at radius 1 is 1.43 bits per heavy atom. The van der Waals surface area contributed by atoms with E-state index in [1.54, 1.807) is 13.3 Å². The van der Waals surface area contributed by atoms with Crippen LogP contribution in [-0.2, 0) is 0 Å². The number of pyridine rings is 1. The molecule has 72 valence electrons. The number of hydrogen-bond donors (Lipinski definition) is 2. The van der Waals surface area contributed by atoms with E-state index in [0.29, 0.717) is 17.3 Å². The molecule has 0 spiro atoms. The maximum atomic E-state index is 5.71. The molecule has 0 saturated carbocycles. The monoisotopic (exact) mass is 190 g/mol. The number of aromatic nitrogens is 3. The van der Waals surface area contributed by atoms with E-state index in [-0.39, 0.29) is 0 Å². The molecule has 0 fully saturated rings. The molecule has 5 nitrogen and oxygen atoms in total. The van der Waals surface area contributed by atoms with Crippen molar-refractivity contribution in [2.24, 2.45) is 0 Å². The molecule has 0 unspecified atom stereocenters. The van der Waals surface area contributed by atoms with E-state index in [2.05, 4.69) is 15.2 Å². The van der Waals surface area contributed by atoms with Crippen molar-refractivity contribution in [3.63, 3.8) is 0 Å². The standard InChI is InChI=1S/C9H10N4O/c1-14-9-7(8(10)12-13-9)6-4-2-3-5-11-6/h2-5H,1H3,(H3,10,12,13). The van der Waals surface area contributed by atoms with E-state index >= 15 is 0 Å². The van der Waals surface area contributed by atoms with Crippen molar-refractivity contribution in [3.8, 4) is 17.1 Å². The third-order valence-corrected chi connectivity index (χ3v) is 1.88. The summed E-state index contributed by atoms with van der Waals surface area (Å²) in [6.07, 6.45) is 1.70. The molecule has 2 rings (SSSR count). The molecule has 3 N–H and O–H groups in total. The number of nitrogen functional groups attached to an aromatic ring is 1. The third-order valence-electron chi connectivity index (χ3n) is 1.88. The number of hydrogen-bond acceptors (Lipinski definition) is 4. The molecule has 2 aromatic rings. The number of anilines is 1. The highest BCUT2D eigenvalue weighted by Gasteiger charge is 2.13. The summed E-state index contributed by atoms with van der Waals surface area (Å²) in [6, 6.07) is 5.57. The lowest BCUT2D eigenvalue weighted by Gasteiger charge is -2.00. The summed E-state index contributed by atoms with van der Waals surface area (Å²) in [4.78, 5) is 4.17. The summed E-state index contributed by atoms with van der Waals surface area (Å²) in [7, 11) is 1.54. The number of ether oxygens (including phenoxy) is 1. The van der Waals surface area contributed by atoms with Gasteiger partial charge >= 0.3 is 0 Å². The predicted octanol–water partition coefficient (Wildman–Crippen LogP) is 1.06. The van der Waals surface area contributed by atoms with Crippen molar-refractivity contribution < 1.29 is 4.74 Å². The second-order valence-electron chi connectivity index (χ2n) is 2.74. The first kappa shape index (κ1) is 8.55. The van der Waals surface area contributed by atoms with Crippen molar-refractivity contribution in [3.05, 3.63) is 24.4 Å². The molecule has 0 atom stereocenters. The fourth-order valence-electron chi connectivity index (χ4n) is 1.24. The van der Waals surface area contributed by atoms with Crippen LogP contribution in [0.4, 0.5) is 5.82 Å². The summed E-state index contributed by atoms with van der Waals surface area (Å²) >= 11 is 0. The van der Waals surface area contributed by atoms with Gasteiger partial charge in [-0.1, -0.05) is 6.07 Å². The van der Waals surface area contributed by atoms with Crippen molar-refractivity contribution in [2.75, 3.05) is 12.8 Å². The van der Waals surface area contributed by atoms with Gasteiger partial charge in [-0.3, -0.25) is 10.1 Å². The Kier molecular flexibility index (Phi) is 2.06. The van der Waals surface area contributed by atoms with Gasteiger partial charge in [0.15, 0.2) is 0 Å². The van der Waals surface area contributed by atoms with E-state index in [9.17, 15) is 0 Å². The molecule has 0 bridgehead atoms. The van der Waals surface area contributed by atoms with Crippen LogP contribution in [0.5, 0.6) is 5.88 Å². The van der Waals surface area contributed by atoms with Gasteiger partial charge < -0.3 is 10.5 Å². The second-order valence-corrected chi connectivity index (χ2v) is 2.74. The zero-order valence-corrected chi connectivity index (χ0v) is 7.69. The largest absolute Gasteiger partial charge is 0.479 e. The number of aromatic amines is 1. The molecule has 0 aliphatic rings. The number of H-pyrrole nitrogens is 1. The van der Waals surface area contributed by atoms with E-state index in [1.165, 1.54) is 0 Å². The molecule has 0 aromatic carbocycles. The van der Waals surface area contributed by atoms with Crippen molar-refractivity contribution in [1.29, 1.82) is 0 Å². The van der Waals surface area contributed by atoms with E-state index in [1.807, 2.05) is 18.2 Å². The zero-order valence-electron chi connectivity index (χ0n) is 7.69. The topological polar surface area (TPSA) is 76.8 Å². The summed E-state index contributed by atoms with van der Waals surface area (Å²) in [5.74, 6) is 0.918. The lowest BCUT2D eigenvalue weighted by atomic mass is 10.2. The number of methoxy groups -OCH3 is 1. The quantitative estimate of drug-likeness (QED) is 0.742. The Hall–Kier alpha value is -2.04. The first-order valence-electron chi connectivity index (χ1n) is 4.12. The molecule has 0 amide bonds. The zero-order chi connectivity index (χ0) is 9.97. The first-order chi connectivity index (χ1) is 6.83. The van der Waals surface area contributed by atoms with Crippen molar-refractivity contribution in [2.45, 2.75) is 0 Å². The maximum Gasteiger partial charge on any atom is 0.244 e. The van der Waals surface area contributed by atoms with E-state index < -0.39 is 0 Å². The number of rotatable bonds is 2. The van der Waals surface area contributed by atoms with Crippen LogP contribution in [-0.4, -0.2) is 22.3 Å². The molecule has 0 radical (unpaired) electrons. The van der Waals surface area contributed by atoms with Crippen LogP contribution in [0, 0.1) is 0 Å². The van der Waals surface area contributed by atoms with Crippen LogP contribution in [0.25, 0.3) is 11.3 Å². The van der Waals surface area contributed by atoms with Crippen LogP contribution >= 0.6 is 0 Å². The van der Waals surface area contributed by atoms with Gasteiger partial charge in [0.25, 0.3) is 0 Å². The van der Waals surface area contributed by atoms with E-state index in [0.717, 1.165) is 5.69 Å². The van der Waals surface area contributed by atoms with Crippen LogP contribution in [0.2, 0.25) is 0 Å². The van der Waals surface area contributed by atoms with Gasteiger partial charge in [-0.05, 0) is 12.1 Å². The maximum absolute atomic E-state index is 5.71. The SMILES string of the molecule is COc1n[nH]c(N)c1-c1ccccn1. The summed E-state index contributed by atoms with van der Waals surface area (Å²) < 4.78 is 5.06. The molecule has 2 aromatic heterocycles. The smallest absolute Gasteiger partial charge is 0.244 e. The van der Waals surface area contributed by atoms with Crippen LogP contribution < -0.4 is 10.5 Å². The highest BCUT2D eigenvalue weighted by molar-refractivity contribution is 5.75. The highest BCUT2D eigenvalue weighted by Crippen LogP contribution is 2.30. The number of nitrogens with two attached hydrogens (primary N) is 1. The van der Waals surface area contributed by atoms with Crippen LogP contribution in [0.1, 0.15) is 0 Å². The normalized spacial score (nSPS) is 10.1. The Bertz CT molecular complexity index is 424. The van der Waals surface area contributed by atoms with Gasteiger partial charge in [-0.25, -0.2) is 0 Å². The molecule has 14 heavy (non-hydrogen) atoms. The lowest BCUT2D eigenvalue weighted by Crippen LogP contribution is -1.91. The van der Waals surface area contributed by atoms with Gasteiger partial charge in [0.1, 0.15) is 11.4 Å². The average Bonchev–Trinajstić information content (AvgIpc) is 2.61. The third kappa shape index (κ3) is 1.28. The summed E-state index contributed by atoms with van der Waals surface area (Å²) in [5, 5.41) is 6.55. The molecule has 0 aliphatic carbocycles. The molecular formula is C9H10N4O. The Morgan fingerprint density at radius 2 is 2.29 bits per heavy atom. The Morgan fingerprint density at radius 3 is 2.93 bits per heavy atom. The van der Waals surface area contributed by atoms with Gasteiger partial charge in [-0.2, -0.15) is 0 Å². The van der Waals surface area contributed by atoms with Gasteiger partial charge in [0.05, 0.1) is 12.8 Å². The predicted molar refractivity (Wildman–Crippen MR) is 52.8 cm³/mol. The Labute approximate surface area is 80.9 Å². The fraction of sp³-hybridized carbons (Fsp3) is 0.111. The van der Waals surface area contributed by atoms with Crippen molar-refractivity contribution in [1.82, 2.24) is 15.2 Å². The summed E-state index contributed by atoms with van der Waals surface area (Å²) in [6.45, 7) is 0. The lowest BCUT2D eigenvalue weighted by molar-refractivity contribution is 0.398. The van der Waals surface area contributed by atoms with E-state index in [4.69, 9.17) is 10.5 Å². The molecule has 0 saturated heterocycles. The van der Waals surface area contributed by atoms with Crippen LogP contribution in [0.3, 0.4) is 0 Å². The van der Waals surface area contributed by atoms with Crippen LogP contribution in [0.15, 0.2) is 24.4 Å². The minimum Gasteiger partial charge on any atom is -0.479 e. The minimum atomic E-state index is 0.459. The number of nitrogens with one attached hydrogen (secondary N) is 1. The molecule has 2 heterocycles. The van der Waals surface area contributed by atoms with Gasteiger partial charge in [0, 0.05) is 6.20 Å². The van der Waals surface area contributed by atoms with Crippen molar-refractivity contribution >= 4 is 5.82 Å². The van der Waals surface area contributed by atoms with Gasteiger partial charge in [0.2, 0.25) is 5.88 Å².